The van der Waals surface area contributed by atoms with Gasteiger partial charge in [-0.05, 0) is 52.4 Å². The Labute approximate surface area is 99.0 Å². The van der Waals surface area contributed by atoms with Crippen LogP contribution in [0, 0.1) is 9.39 Å². The fourth-order valence-corrected chi connectivity index (χ4v) is 3.05. The van der Waals surface area contributed by atoms with Crippen molar-refractivity contribution < 1.29 is 9.13 Å². The van der Waals surface area contributed by atoms with Gasteiger partial charge in [-0.2, -0.15) is 0 Å². The minimum atomic E-state index is -0.248. The number of fused-ring (bicyclic) bond motifs is 1. The zero-order valence-corrected chi connectivity index (χ0v) is 10.5. The molecule has 0 aliphatic heterocycles. The predicted molar refractivity (Wildman–Crippen MR) is 65.7 cm³/mol. The summed E-state index contributed by atoms with van der Waals surface area (Å²) >= 11 is 3.57. The van der Waals surface area contributed by atoms with Crippen LogP contribution in [0.1, 0.15) is 6.92 Å². The van der Waals surface area contributed by atoms with Gasteiger partial charge in [0.25, 0.3) is 0 Å². The maximum absolute atomic E-state index is 13.7. The topological polar surface area (TPSA) is 9.23 Å². The molecule has 0 saturated carbocycles. The minimum Gasteiger partial charge on any atom is -0.491 e. The van der Waals surface area contributed by atoms with Crippen molar-refractivity contribution in [2.45, 2.75) is 6.92 Å². The number of thiophene rings is 1. The van der Waals surface area contributed by atoms with Crippen LogP contribution in [-0.4, -0.2) is 6.61 Å². The zero-order valence-electron chi connectivity index (χ0n) is 7.51. The van der Waals surface area contributed by atoms with Gasteiger partial charge in [0, 0.05) is 0 Å². The molecule has 4 heteroatoms. The summed E-state index contributed by atoms with van der Waals surface area (Å²) in [7, 11) is 0. The van der Waals surface area contributed by atoms with Crippen molar-refractivity contribution in [1.82, 2.24) is 0 Å². The van der Waals surface area contributed by atoms with E-state index in [9.17, 15) is 4.39 Å². The molecular formula is C10H8FIOS. The summed E-state index contributed by atoms with van der Waals surface area (Å²) in [5.74, 6) is 0.102. The van der Waals surface area contributed by atoms with Gasteiger partial charge in [-0.1, -0.05) is 0 Å². The monoisotopic (exact) mass is 322 g/mol. The van der Waals surface area contributed by atoms with Crippen molar-refractivity contribution in [3.8, 4) is 5.75 Å². The maximum Gasteiger partial charge on any atom is 0.179 e. The molecule has 0 amide bonds. The summed E-state index contributed by atoms with van der Waals surface area (Å²) < 4.78 is 20.5. The van der Waals surface area contributed by atoms with Gasteiger partial charge in [-0.25, -0.2) is 4.39 Å². The van der Waals surface area contributed by atoms with Crippen LogP contribution in [0.3, 0.4) is 0 Å². The number of ether oxygens (including phenoxy) is 1. The molecule has 1 heterocycles. The van der Waals surface area contributed by atoms with Crippen LogP contribution in [0.4, 0.5) is 4.39 Å². The molecule has 1 aromatic carbocycles. The lowest BCUT2D eigenvalue weighted by atomic mass is 10.2. The van der Waals surface area contributed by atoms with E-state index in [1.165, 1.54) is 0 Å². The molecular weight excluding hydrogens is 314 g/mol. The van der Waals surface area contributed by atoms with Crippen LogP contribution in [0.25, 0.3) is 10.1 Å². The lowest BCUT2D eigenvalue weighted by Crippen LogP contribution is -1.96. The fraction of sp³-hybridized carbons (Fsp3) is 0.200. The van der Waals surface area contributed by atoms with Crippen molar-refractivity contribution >= 4 is 44.0 Å². The molecule has 74 valence electrons. The van der Waals surface area contributed by atoms with Crippen LogP contribution >= 0.6 is 33.9 Å². The largest absolute Gasteiger partial charge is 0.491 e. The third kappa shape index (κ3) is 1.61. The van der Waals surface area contributed by atoms with E-state index in [2.05, 4.69) is 0 Å². The second-order valence-electron chi connectivity index (χ2n) is 2.77. The molecule has 0 saturated heterocycles. The number of hydrogen-bond acceptors (Lipinski definition) is 2. The Hall–Kier alpha value is -0.360. The first-order chi connectivity index (χ1) is 6.74. The molecule has 0 N–H and O–H groups in total. The fourth-order valence-electron chi connectivity index (χ4n) is 1.28. The molecule has 2 aromatic rings. The highest BCUT2D eigenvalue weighted by Crippen LogP contribution is 2.33. The minimum absolute atomic E-state index is 0.248. The van der Waals surface area contributed by atoms with E-state index in [1.807, 2.05) is 41.0 Å². The first-order valence-electron chi connectivity index (χ1n) is 4.22. The van der Waals surface area contributed by atoms with Crippen molar-refractivity contribution in [2.24, 2.45) is 0 Å². The van der Waals surface area contributed by atoms with E-state index in [0.29, 0.717) is 15.9 Å². The maximum atomic E-state index is 13.7. The van der Waals surface area contributed by atoms with Crippen molar-refractivity contribution in [1.29, 1.82) is 0 Å². The summed E-state index contributed by atoms with van der Waals surface area (Å²) in [5.41, 5.74) is 0. The third-order valence-corrected chi connectivity index (χ3v) is 4.22. The van der Waals surface area contributed by atoms with Gasteiger partial charge in [0.05, 0.1) is 14.9 Å². The van der Waals surface area contributed by atoms with Gasteiger partial charge in [0.2, 0.25) is 0 Å². The Balaban J connectivity index is 2.67. The van der Waals surface area contributed by atoms with Gasteiger partial charge >= 0.3 is 0 Å². The van der Waals surface area contributed by atoms with Gasteiger partial charge in [-0.15, -0.1) is 11.3 Å². The van der Waals surface area contributed by atoms with Crippen LogP contribution in [-0.2, 0) is 0 Å². The standard InChI is InChI=1S/C10H8FIOS/c1-2-13-7-5-6-3-4-14-10(6)9(12)8(7)11/h3-5H,2H2,1H3. The van der Waals surface area contributed by atoms with Crippen LogP contribution in [0.15, 0.2) is 17.5 Å². The second kappa shape index (κ2) is 4.02. The Morgan fingerprint density at radius 1 is 1.57 bits per heavy atom. The number of benzene rings is 1. The quantitative estimate of drug-likeness (QED) is 0.758. The molecule has 0 unspecified atom stereocenters. The van der Waals surface area contributed by atoms with E-state index in [0.717, 1.165) is 10.1 Å². The number of hydrogen-bond donors (Lipinski definition) is 0. The molecule has 0 aliphatic rings. The predicted octanol–water partition coefficient (Wildman–Crippen LogP) is 4.04. The Morgan fingerprint density at radius 3 is 3.07 bits per heavy atom. The third-order valence-electron chi connectivity index (χ3n) is 1.89. The highest BCUT2D eigenvalue weighted by molar-refractivity contribution is 14.1. The van der Waals surface area contributed by atoms with Gasteiger partial charge in [-0.3, -0.25) is 0 Å². The Morgan fingerprint density at radius 2 is 2.36 bits per heavy atom. The van der Waals surface area contributed by atoms with E-state index in [1.54, 1.807) is 17.4 Å². The highest BCUT2D eigenvalue weighted by atomic mass is 127. The smallest absolute Gasteiger partial charge is 0.179 e. The summed E-state index contributed by atoms with van der Waals surface area (Å²) in [6.45, 7) is 2.34. The van der Waals surface area contributed by atoms with Gasteiger partial charge in [0.1, 0.15) is 0 Å². The Kier molecular flexibility index (Phi) is 2.92. The SMILES string of the molecule is CCOc1cc2ccsc2c(I)c1F. The lowest BCUT2D eigenvalue weighted by molar-refractivity contribution is 0.321. The molecule has 1 aromatic heterocycles. The lowest BCUT2D eigenvalue weighted by Gasteiger charge is -2.06. The van der Waals surface area contributed by atoms with Crippen LogP contribution < -0.4 is 4.74 Å². The van der Waals surface area contributed by atoms with Crippen LogP contribution in [0.5, 0.6) is 5.75 Å². The molecule has 0 atom stereocenters. The van der Waals surface area contributed by atoms with Crippen molar-refractivity contribution in [2.75, 3.05) is 6.61 Å². The summed E-state index contributed by atoms with van der Waals surface area (Å²) in [6, 6.07) is 3.73. The molecule has 0 spiro atoms. The van der Waals surface area contributed by atoms with Crippen molar-refractivity contribution in [3.05, 3.63) is 26.9 Å². The molecule has 2 rings (SSSR count). The van der Waals surface area contributed by atoms with E-state index >= 15 is 0 Å². The molecule has 1 nitrogen and oxygen atoms in total. The van der Waals surface area contributed by atoms with Crippen LogP contribution in [0.2, 0.25) is 0 Å². The highest BCUT2D eigenvalue weighted by Gasteiger charge is 2.12. The summed E-state index contributed by atoms with van der Waals surface area (Å²) in [6.07, 6.45) is 0. The normalized spacial score (nSPS) is 10.8. The molecule has 14 heavy (non-hydrogen) atoms. The van der Waals surface area contributed by atoms with E-state index in [-0.39, 0.29) is 5.82 Å². The second-order valence-corrected chi connectivity index (χ2v) is 4.77. The first-order valence-corrected chi connectivity index (χ1v) is 6.18. The van der Waals surface area contributed by atoms with Gasteiger partial charge in [0.15, 0.2) is 11.6 Å². The van der Waals surface area contributed by atoms with E-state index < -0.39 is 0 Å². The number of rotatable bonds is 2. The molecule has 0 fully saturated rings. The molecule has 0 aliphatic carbocycles. The first kappa shape index (κ1) is 10.2. The summed E-state index contributed by atoms with van der Waals surface area (Å²) in [5, 5.41) is 3.01. The number of halogens is 2. The molecule has 0 radical (unpaired) electrons. The average Bonchev–Trinajstić information content (AvgIpc) is 2.62. The zero-order chi connectivity index (χ0) is 10.1. The van der Waals surface area contributed by atoms with Gasteiger partial charge < -0.3 is 4.74 Å². The van der Waals surface area contributed by atoms with Crippen molar-refractivity contribution in [3.63, 3.8) is 0 Å². The van der Waals surface area contributed by atoms with E-state index in [4.69, 9.17) is 4.74 Å². The summed E-state index contributed by atoms with van der Waals surface area (Å²) in [4.78, 5) is 0. The average molecular weight is 322 g/mol. The Bertz CT molecular complexity index is 466. The molecule has 0 bridgehead atoms.